The molecule has 0 spiro atoms. The second-order valence-electron chi connectivity index (χ2n) is 4.76. The van der Waals surface area contributed by atoms with Crippen LogP contribution in [-0.2, 0) is 6.42 Å². The third-order valence-corrected chi connectivity index (χ3v) is 3.43. The molecule has 1 saturated carbocycles. The van der Waals surface area contributed by atoms with E-state index in [2.05, 4.69) is 37.4 Å². The molecule has 0 radical (unpaired) electrons. The third-order valence-electron chi connectivity index (χ3n) is 3.43. The minimum Gasteiger partial charge on any atom is -0.314 e. The van der Waals surface area contributed by atoms with E-state index in [9.17, 15) is 0 Å². The van der Waals surface area contributed by atoms with E-state index in [0.717, 1.165) is 12.6 Å². The predicted molar refractivity (Wildman–Crippen MR) is 65.3 cm³/mol. The molecule has 2 rings (SSSR count). The van der Waals surface area contributed by atoms with Crippen molar-refractivity contribution in [1.82, 2.24) is 5.32 Å². The van der Waals surface area contributed by atoms with Gasteiger partial charge in [0.05, 0.1) is 0 Å². The van der Waals surface area contributed by atoms with Crippen LogP contribution in [0.15, 0.2) is 18.2 Å². The van der Waals surface area contributed by atoms with Gasteiger partial charge in [-0.15, -0.1) is 0 Å². The van der Waals surface area contributed by atoms with Crippen molar-refractivity contribution in [3.63, 3.8) is 0 Å². The molecule has 0 aliphatic heterocycles. The number of aryl methyl sites for hydroxylation is 2. The molecule has 1 heteroatoms. The van der Waals surface area contributed by atoms with E-state index < -0.39 is 0 Å². The molecule has 1 aromatic carbocycles. The maximum Gasteiger partial charge on any atom is 0.00672 e. The topological polar surface area (TPSA) is 12.0 Å². The Balaban J connectivity index is 1.81. The SMILES string of the molecule is Cc1ccc(CCNC2CCC2)c(C)c1. The average Bonchev–Trinajstić information content (AvgIpc) is 2.12. The lowest BCUT2D eigenvalue weighted by Crippen LogP contribution is -2.36. The zero-order chi connectivity index (χ0) is 10.7. The molecule has 0 amide bonds. The van der Waals surface area contributed by atoms with E-state index in [0.29, 0.717) is 0 Å². The van der Waals surface area contributed by atoms with E-state index in [1.165, 1.54) is 42.4 Å². The first-order chi connectivity index (χ1) is 7.25. The molecule has 0 unspecified atom stereocenters. The lowest BCUT2D eigenvalue weighted by atomic mass is 9.93. The minimum atomic E-state index is 0.816. The van der Waals surface area contributed by atoms with Crippen LogP contribution in [0.5, 0.6) is 0 Å². The molecule has 0 atom stereocenters. The molecular formula is C14H21N. The standard InChI is InChI=1S/C14H21N/c1-11-6-7-13(12(2)10-11)8-9-15-14-4-3-5-14/h6-7,10,14-15H,3-5,8-9H2,1-2H3. The Morgan fingerprint density at radius 3 is 2.67 bits per heavy atom. The summed E-state index contributed by atoms with van der Waals surface area (Å²) >= 11 is 0. The van der Waals surface area contributed by atoms with E-state index in [1.54, 1.807) is 0 Å². The first-order valence-electron chi connectivity index (χ1n) is 6.05. The molecule has 1 aromatic rings. The fourth-order valence-electron chi connectivity index (χ4n) is 2.15. The molecule has 1 nitrogen and oxygen atoms in total. The highest BCUT2D eigenvalue weighted by molar-refractivity contribution is 5.30. The molecule has 0 saturated heterocycles. The summed E-state index contributed by atoms with van der Waals surface area (Å²) in [6.07, 6.45) is 5.35. The summed E-state index contributed by atoms with van der Waals surface area (Å²) in [4.78, 5) is 0. The van der Waals surface area contributed by atoms with Crippen molar-refractivity contribution in [2.75, 3.05) is 6.54 Å². The summed E-state index contributed by atoms with van der Waals surface area (Å²) in [5, 5.41) is 3.61. The number of benzene rings is 1. The van der Waals surface area contributed by atoms with Gasteiger partial charge >= 0.3 is 0 Å². The Morgan fingerprint density at radius 2 is 2.07 bits per heavy atom. The summed E-state index contributed by atoms with van der Waals surface area (Å²) in [7, 11) is 0. The van der Waals surface area contributed by atoms with Crippen LogP contribution in [0.1, 0.15) is 36.0 Å². The number of rotatable bonds is 4. The maximum absolute atomic E-state index is 3.61. The average molecular weight is 203 g/mol. The Bertz CT molecular complexity index is 326. The zero-order valence-corrected chi connectivity index (χ0v) is 9.84. The van der Waals surface area contributed by atoms with Crippen LogP contribution >= 0.6 is 0 Å². The summed E-state index contributed by atoms with van der Waals surface area (Å²) in [5.74, 6) is 0. The summed E-state index contributed by atoms with van der Waals surface area (Å²) in [6.45, 7) is 5.50. The normalized spacial score (nSPS) is 16.4. The third kappa shape index (κ3) is 2.82. The fourth-order valence-corrected chi connectivity index (χ4v) is 2.15. The van der Waals surface area contributed by atoms with Crippen LogP contribution in [0.2, 0.25) is 0 Å². The van der Waals surface area contributed by atoms with Gasteiger partial charge in [0.2, 0.25) is 0 Å². The maximum atomic E-state index is 3.61. The second kappa shape index (κ2) is 4.80. The van der Waals surface area contributed by atoms with Crippen LogP contribution < -0.4 is 5.32 Å². The van der Waals surface area contributed by atoms with Crippen LogP contribution in [0.25, 0.3) is 0 Å². The molecule has 1 N–H and O–H groups in total. The molecule has 0 bridgehead atoms. The molecule has 1 fully saturated rings. The van der Waals surface area contributed by atoms with Crippen LogP contribution in [-0.4, -0.2) is 12.6 Å². The molecule has 1 aliphatic rings. The van der Waals surface area contributed by atoms with Gasteiger partial charge in [0.15, 0.2) is 0 Å². The van der Waals surface area contributed by atoms with Gasteiger partial charge in [0.1, 0.15) is 0 Å². The van der Waals surface area contributed by atoms with Crippen molar-refractivity contribution < 1.29 is 0 Å². The van der Waals surface area contributed by atoms with Gasteiger partial charge in [-0.2, -0.15) is 0 Å². The van der Waals surface area contributed by atoms with Gasteiger partial charge in [-0.25, -0.2) is 0 Å². The quantitative estimate of drug-likeness (QED) is 0.793. The van der Waals surface area contributed by atoms with Gasteiger partial charge in [-0.3, -0.25) is 0 Å². The second-order valence-corrected chi connectivity index (χ2v) is 4.76. The predicted octanol–water partition coefficient (Wildman–Crippen LogP) is 2.99. The van der Waals surface area contributed by atoms with E-state index in [-0.39, 0.29) is 0 Å². The Labute approximate surface area is 92.9 Å². The smallest absolute Gasteiger partial charge is 0.00672 e. The molecule has 82 valence electrons. The fraction of sp³-hybridized carbons (Fsp3) is 0.571. The Morgan fingerprint density at radius 1 is 1.27 bits per heavy atom. The van der Waals surface area contributed by atoms with Gasteiger partial charge < -0.3 is 5.32 Å². The van der Waals surface area contributed by atoms with E-state index in [4.69, 9.17) is 0 Å². The van der Waals surface area contributed by atoms with E-state index in [1.807, 2.05) is 0 Å². The summed E-state index contributed by atoms with van der Waals surface area (Å²) < 4.78 is 0. The van der Waals surface area contributed by atoms with Crippen LogP contribution in [0.3, 0.4) is 0 Å². The van der Waals surface area contributed by atoms with Gasteiger partial charge in [0, 0.05) is 6.04 Å². The molecule has 1 aliphatic carbocycles. The number of hydrogen-bond acceptors (Lipinski definition) is 1. The Hall–Kier alpha value is -0.820. The van der Waals surface area contributed by atoms with Crippen molar-refractivity contribution in [3.05, 3.63) is 34.9 Å². The zero-order valence-electron chi connectivity index (χ0n) is 9.84. The Kier molecular flexibility index (Phi) is 3.42. The lowest BCUT2D eigenvalue weighted by Gasteiger charge is -2.26. The summed E-state index contributed by atoms with van der Waals surface area (Å²) in [5.41, 5.74) is 4.29. The van der Waals surface area contributed by atoms with Crippen LogP contribution in [0.4, 0.5) is 0 Å². The van der Waals surface area contributed by atoms with Crippen molar-refractivity contribution in [2.45, 2.75) is 45.6 Å². The molecule has 15 heavy (non-hydrogen) atoms. The van der Waals surface area contributed by atoms with Crippen molar-refractivity contribution in [3.8, 4) is 0 Å². The van der Waals surface area contributed by atoms with Crippen molar-refractivity contribution in [1.29, 1.82) is 0 Å². The largest absolute Gasteiger partial charge is 0.314 e. The van der Waals surface area contributed by atoms with Crippen molar-refractivity contribution >= 4 is 0 Å². The summed E-state index contributed by atoms with van der Waals surface area (Å²) in [6, 6.07) is 7.58. The van der Waals surface area contributed by atoms with E-state index >= 15 is 0 Å². The highest BCUT2D eigenvalue weighted by atomic mass is 14.9. The van der Waals surface area contributed by atoms with Gasteiger partial charge in [0.25, 0.3) is 0 Å². The van der Waals surface area contributed by atoms with Gasteiger partial charge in [-0.05, 0) is 50.8 Å². The highest BCUT2D eigenvalue weighted by Gasteiger charge is 2.15. The molecule has 0 aromatic heterocycles. The minimum absolute atomic E-state index is 0.816. The number of nitrogens with one attached hydrogen (secondary N) is 1. The highest BCUT2D eigenvalue weighted by Crippen LogP contribution is 2.18. The first-order valence-corrected chi connectivity index (χ1v) is 6.05. The molecule has 0 heterocycles. The van der Waals surface area contributed by atoms with Crippen LogP contribution in [0, 0.1) is 13.8 Å². The first kappa shape index (κ1) is 10.7. The van der Waals surface area contributed by atoms with Crippen molar-refractivity contribution in [2.24, 2.45) is 0 Å². The van der Waals surface area contributed by atoms with Gasteiger partial charge in [-0.1, -0.05) is 30.2 Å². The number of hydrogen-bond donors (Lipinski definition) is 1. The molecular weight excluding hydrogens is 182 g/mol. The lowest BCUT2D eigenvalue weighted by molar-refractivity contribution is 0.342. The monoisotopic (exact) mass is 203 g/mol.